The highest BCUT2D eigenvalue weighted by Gasteiger charge is 2.31. The van der Waals surface area contributed by atoms with Crippen LogP contribution in [0.1, 0.15) is 33.1 Å². The Kier molecular flexibility index (Phi) is 4.11. The maximum atomic E-state index is 11.9. The topological polar surface area (TPSA) is 52.6 Å². The molecule has 4 nitrogen and oxygen atoms in total. The van der Waals surface area contributed by atoms with E-state index in [-0.39, 0.29) is 11.9 Å². The first-order valence-electron chi connectivity index (χ1n) is 5.68. The molecule has 0 aromatic carbocycles. The van der Waals surface area contributed by atoms with Crippen molar-refractivity contribution in [3.63, 3.8) is 0 Å². The van der Waals surface area contributed by atoms with Crippen molar-refractivity contribution in [3.05, 3.63) is 0 Å². The van der Waals surface area contributed by atoms with Gasteiger partial charge in [0, 0.05) is 13.1 Å². The monoisotopic (exact) mass is 214 g/mol. The number of likely N-dealkylation sites (N-methyl/N-ethyl adjacent to an activating group) is 1. The predicted molar refractivity (Wildman–Crippen MR) is 59.6 cm³/mol. The first-order valence-corrected chi connectivity index (χ1v) is 5.68. The van der Waals surface area contributed by atoms with Gasteiger partial charge in [-0.15, -0.1) is 0 Å². The third-order valence-corrected chi connectivity index (χ3v) is 3.17. The quantitative estimate of drug-likeness (QED) is 0.710. The minimum Gasteiger partial charge on any atom is -0.388 e. The molecule has 0 aliphatic carbocycles. The lowest BCUT2D eigenvalue weighted by Crippen LogP contribution is -2.53. The summed E-state index contributed by atoms with van der Waals surface area (Å²) in [5, 5.41) is 13.0. The van der Waals surface area contributed by atoms with Gasteiger partial charge in [-0.1, -0.05) is 6.92 Å². The predicted octanol–water partition coefficient (Wildman–Crippen LogP) is 0.358. The highest BCUT2D eigenvalue weighted by molar-refractivity contribution is 5.82. The number of carbonyl (C=O) groups is 1. The number of rotatable bonds is 4. The van der Waals surface area contributed by atoms with Gasteiger partial charge in [0.05, 0.1) is 11.6 Å². The van der Waals surface area contributed by atoms with E-state index < -0.39 is 5.60 Å². The van der Waals surface area contributed by atoms with Gasteiger partial charge in [0.2, 0.25) is 5.91 Å². The second-order valence-corrected chi connectivity index (χ2v) is 4.59. The van der Waals surface area contributed by atoms with E-state index in [1.807, 2.05) is 14.0 Å². The van der Waals surface area contributed by atoms with Gasteiger partial charge in [-0.25, -0.2) is 0 Å². The van der Waals surface area contributed by atoms with Crippen LogP contribution in [0.25, 0.3) is 0 Å². The lowest BCUT2D eigenvalue weighted by Gasteiger charge is -2.36. The highest BCUT2D eigenvalue weighted by atomic mass is 16.3. The number of piperidine rings is 1. The number of hydrogen-bond donors (Lipinski definition) is 2. The molecule has 1 aliphatic heterocycles. The minimum absolute atomic E-state index is 0.0635. The van der Waals surface area contributed by atoms with Crippen LogP contribution in [0.2, 0.25) is 0 Å². The Labute approximate surface area is 91.6 Å². The fraction of sp³-hybridized carbons (Fsp3) is 0.909. The summed E-state index contributed by atoms with van der Waals surface area (Å²) in [4.78, 5) is 13.7. The van der Waals surface area contributed by atoms with Crippen molar-refractivity contribution in [1.82, 2.24) is 10.2 Å². The molecule has 2 N–H and O–H groups in total. The molecule has 1 rings (SSSR count). The second kappa shape index (κ2) is 4.94. The van der Waals surface area contributed by atoms with Crippen LogP contribution in [0, 0.1) is 0 Å². The molecule has 0 spiro atoms. The smallest absolute Gasteiger partial charge is 0.239 e. The number of amides is 1. The van der Waals surface area contributed by atoms with Crippen LogP contribution in [0.4, 0.5) is 0 Å². The molecule has 1 heterocycles. The van der Waals surface area contributed by atoms with Gasteiger partial charge in [0.1, 0.15) is 0 Å². The maximum absolute atomic E-state index is 11.9. The number of carbonyl (C=O) groups excluding carboxylic acids is 1. The Morgan fingerprint density at radius 1 is 1.67 bits per heavy atom. The number of nitrogens with one attached hydrogen (secondary N) is 1. The van der Waals surface area contributed by atoms with E-state index in [1.165, 1.54) is 0 Å². The Morgan fingerprint density at radius 3 is 2.87 bits per heavy atom. The van der Waals surface area contributed by atoms with E-state index in [1.54, 1.807) is 11.8 Å². The van der Waals surface area contributed by atoms with E-state index in [4.69, 9.17) is 0 Å². The minimum atomic E-state index is -0.759. The van der Waals surface area contributed by atoms with E-state index in [0.29, 0.717) is 13.0 Å². The van der Waals surface area contributed by atoms with Crippen LogP contribution in [0.3, 0.4) is 0 Å². The summed E-state index contributed by atoms with van der Waals surface area (Å²) >= 11 is 0. The average Bonchev–Trinajstić information content (AvgIpc) is 2.21. The first kappa shape index (κ1) is 12.5. The van der Waals surface area contributed by atoms with Gasteiger partial charge in [-0.3, -0.25) is 4.79 Å². The van der Waals surface area contributed by atoms with Crippen molar-refractivity contribution in [2.75, 3.05) is 20.1 Å². The Morgan fingerprint density at radius 2 is 2.33 bits per heavy atom. The van der Waals surface area contributed by atoms with Crippen LogP contribution >= 0.6 is 0 Å². The third-order valence-electron chi connectivity index (χ3n) is 3.17. The summed E-state index contributed by atoms with van der Waals surface area (Å²) in [5.74, 6) is 0.123. The largest absolute Gasteiger partial charge is 0.388 e. The maximum Gasteiger partial charge on any atom is 0.239 e. The van der Waals surface area contributed by atoms with Crippen LogP contribution in [0.5, 0.6) is 0 Å². The zero-order valence-electron chi connectivity index (χ0n) is 9.92. The normalized spacial score (nSPS) is 26.5. The summed E-state index contributed by atoms with van der Waals surface area (Å²) in [5.41, 5.74) is -0.759. The summed E-state index contributed by atoms with van der Waals surface area (Å²) in [7, 11) is 1.81. The van der Waals surface area contributed by atoms with Gasteiger partial charge in [-0.05, 0) is 33.2 Å². The fourth-order valence-electron chi connectivity index (χ4n) is 1.89. The Balaban J connectivity index is 2.58. The molecule has 1 amide bonds. The Bertz CT molecular complexity index is 229. The molecule has 4 heteroatoms. The molecular weight excluding hydrogens is 192 g/mol. The van der Waals surface area contributed by atoms with Crippen molar-refractivity contribution in [2.45, 2.75) is 44.8 Å². The zero-order valence-corrected chi connectivity index (χ0v) is 9.92. The number of likely N-dealkylation sites (tertiary alicyclic amines) is 1. The van der Waals surface area contributed by atoms with Crippen LogP contribution in [-0.4, -0.2) is 47.7 Å². The second-order valence-electron chi connectivity index (χ2n) is 4.59. The molecule has 2 atom stereocenters. The van der Waals surface area contributed by atoms with Crippen LogP contribution in [-0.2, 0) is 4.79 Å². The van der Waals surface area contributed by atoms with Gasteiger partial charge >= 0.3 is 0 Å². The average molecular weight is 214 g/mol. The molecule has 15 heavy (non-hydrogen) atoms. The standard InChI is InChI=1S/C11H22N2O2/c1-4-11(2,15)8-13-7-5-6-9(12-3)10(13)14/h9,12,15H,4-8H2,1-3H3. The molecule has 2 unspecified atom stereocenters. The molecular formula is C11H22N2O2. The molecule has 0 saturated carbocycles. The van der Waals surface area contributed by atoms with Gasteiger partial charge < -0.3 is 15.3 Å². The van der Waals surface area contributed by atoms with Crippen molar-refractivity contribution < 1.29 is 9.90 Å². The molecule has 0 aromatic rings. The molecule has 1 aliphatic rings. The van der Waals surface area contributed by atoms with Crippen molar-refractivity contribution in [2.24, 2.45) is 0 Å². The molecule has 88 valence electrons. The summed E-state index contributed by atoms with van der Waals surface area (Å²) in [6.45, 7) is 4.93. The number of aliphatic hydroxyl groups is 1. The fourth-order valence-corrected chi connectivity index (χ4v) is 1.89. The number of nitrogens with zero attached hydrogens (tertiary/aromatic N) is 1. The lowest BCUT2D eigenvalue weighted by atomic mass is 9.99. The van der Waals surface area contributed by atoms with Gasteiger partial charge in [0.15, 0.2) is 0 Å². The first-order chi connectivity index (χ1) is 7.00. The molecule has 0 aromatic heterocycles. The highest BCUT2D eigenvalue weighted by Crippen LogP contribution is 2.17. The van der Waals surface area contributed by atoms with E-state index >= 15 is 0 Å². The van der Waals surface area contributed by atoms with Gasteiger partial charge in [0.25, 0.3) is 0 Å². The van der Waals surface area contributed by atoms with Crippen LogP contribution in [0.15, 0.2) is 0 Å². The zero-order chi connectivity index (χ0) is 11.5. The van der Waals surface area contributed by atoms with Crippen molar-refractivity contribution in [1.29, 1.82) is 0 Å². The van der Waals surface area contributed by atoms with E-state index in [0.717, 1.165) is 19.4 Å². The number of β-amino-alcohol motifs (C(OH)–C–C–N with tert-alkyl or cyclic N) is 1. The summed E-state index contributed by atoms with van der Waals surface area (Å²) in [6.07, 6.45) is 2.58. The lowest BCUT2D eigenvalue weighted by molar-refractivity contribution is -0.139. The molecule has 1 fully saturated rings. The summed E-state index contributed by atoms with van der Waals surface area (Å²) in [6, 6.07) is -0.0635. The molecule has 0 bridgehead atoms. The number of hydrogen-bond acceptors (Lipinski definition) is 3. The van der Waals surface area contributed by atoms with E-state index in [2.05, 4.69) is 5.32 Å². The van der Waals surface area contributed by atoms with Crippen LogP contribution < -0.4 is 5.32 Å². The Hall–Kier alpha value is -0.610. The SMILES string of the molecule is CCC(C)(O)CN1CCCC(NC)C1=O. The van der Waals surface area contributed by atoms with Gasteiger partial charge in [-0.2, -0.15) is 0 Å². The van der Waals surface area contributed by atoms with E-state index in [9.17, 15) is 9.90 Å². The van der Waals surface area contributed by atoms with Crippen molar-refractivity contribution >= 4 is 5.91 Å². The third kappa shape index (κ3) is 3.18. The summed E-state index contributed by atoms with van der Waals surface area (Å²) < 4.78 is 0. The molecule has 0 radical (unpaired) electrons. The molecule has 1 saturated heterocycles. The van der Waals surface area contributed by atoms with Crippen molar-refractivity contribution in [3.8, 4) is 0 Å².